The average Bonchev–Trinajstić information content (AvgIpc) is 3.22. The summed E-state index contributed by atoms with van der Waals surface area (Å²) in [6.07, 6.45) is 0. The molecule has 0 radical (unpaired) electrons. The van der Waals surface area contributed by atoms with Crippen LogP contribution in [0.2, 0.25) is 0 Å². The number of aliphatic hydroxyl groups excluding tert-OH is 1. The van der Waals surface area contributed by atoms with Gasteiger partial charge in [0.15, 0.2) is 0 Å². The lowest BCUT2D eigenvalue weighted by molar-refractivity contribution is -0.132. The van der Waals surface area contributed by atoms with Crippen LogP contribution in [-0.2, 0) is 15.0 Å². The average molecular weight is 533 g/mol. The van der Waals surface area contributed by atoms with E-state index in [2.05, 4.69) is 20.8 Å². The minimum absolute atomic E-state index is 0.0623. The number of carbonyl (C=O) groups excluding carboxylic acids is 2. The molecule has 2 aliphatic rings. The zero-order chi connectivity index (χ0) is 28.2. The molecule has 0 bridgehead atoms. The van der Waals surface area contributed by atoms with Crippen molar-refractivity contribution < 1.29 is 19.4 Å². The minimum Gasteiger partial charge on any atom is -0.507 e. The number of aliphatic hydroxyl groups is 1. The molecule has 1 amide bonds. The van der Waals surface area contributed by atoms with Gasteiger partial charge < -0.3 is 14.7 Å². The number of benzene rings is 4. The molecule has 0 aromatic heterocycles. The number of ether oxygens (including phenoxy) is 1. The van der Waals surface area contributed by atoms with Crippen molar-refractivity contribution in [3.05, 3.63) is 107 Å². The number of rotatable bonds is 3. The van der Waals surface area contributed by atoms with Gasteiger partial charge in [0.1, 0.15) is 18.1 Å². The maximum absolute atomic E-state index is 13.8. The molecule has 0 spiro atoms. The first-order valence-electron chi connectivity index (χ1n) is 13.5. The van der Waals surface area contributed by atoms with Gasteiger partial charge in [-0.3, -0.25) is 14.5 Å². The van der Waals surface area contributed by atoms with Gasteiger partial charge in [-0.05, 0) is 46.2 Å². The predicted octanol–water partition coefficient (Wildman–Crippen LogP) is 6.59. The Morgan fingerprint density at radius 3 is 2.38 bits per heavy atom. The highest BCUT2D eigenvalue weighted by atomic mass is 16.5. The Balaban J connectivity index is 1.57. The van der Waals surface area contributed by atoms with E-state index in [1.165, 1.54) is 4.90 Å². The molecule has 1 unspecified atom stereocenters. The third-order valence-electron chi connectivity index (χ3n) is 7.89. The zero-order valence-corrected chi connectivity index (χ0v) is 23.1. The summed E-state index contributed by atoms with van der Waals surface area (Å²) < 4.78 is 5.77. The molecular formula is C34H32N2O4. The molecule has 2 heterocycles. The topological polar surface area (TPSA) is 70.1 Å². The molecule has 1 saturated heterocycles. The molecule has 6 heteroatoms. The van der Waals surface area contributed by atoms with Crippen molar-refractivity contribution in [3.63, 3.8) is 0 Å². The lowest BCUT2D eigenvalue weighted by atomic mass is 9.85. The molecular weight excluding hydrogens is 500 g/mol. The fourth-order valence-corrected chi connectivity index (χ4v) is 5.63. The summed E-state index contributed by atoms with van der Waals surface area (Å²) in [5, 5.41) is 13.5. The van der Waals surface area contributed by atoms with Crippen LogP contribution in [0.25, 0.3) is 16.5 Å². The summed E-state index contributed by atoms with van der Waals surface area (Å²) in [6, 6.07) is 26.0. The third kappa shape index (κ3) is 4.20. The number of hydrogen-bond acceptors (Lipinski definition) is 5. The van der Waals surface area contributed by atoms with Crippen LogP contribution in [0.4, 0.5) is 11.4 Å². The highest BCUT2D eigenvalue weighted by Crippen LogP contribution is 2.45. The van der Waals surface area contributed by atoms with Crippen LogP contribution in [0.3, 0.4) is 0 Å². The van der Waals surface area contributed by atoms with Crippen molar-refractivity contribution in [1.82, 2.24) is 0 Å². The third-order valence-corrected chi connectivity index (χ3v) is 7.89. The molecule has 40 heavy (non-hydrogen) atoms. The first-order chi connectivity index (χ1) is 19.1. The number of carbonyl (C=O) groups is 2. The monoisotopic (exact) mass is 532 g/mol. The molecule has 0 aliphatic carbocycles. The van der Waals surface area contributed by atoms with E-state index in [4.69, 9.17) is 4.74 Å². The highest BCUT2D eigenvalue weighted by Gasteiger charge is 2.47. The van der Waals surface area contributed by atoms with E-state index >= 15 is 0 Å². The smallest absolute Gasteiger partial charge is 0.300 e. The summed E-state index contributed by atoms with van der Waals surface area (Å²) in [5.74, 6) is -0.859. The van der Waals surface area contributed by atoms with Gasteiger partial charge in [-0.2, -0.15) is 0 Å². The SMILES string of the molecule is CN1CCOc2ccc(/C(O)=C3/C(=O)C(=O)N(c4cccc5ccccc45)C3c3ccc(C(C)(C)C)cc3)cc21. The summed E-state index contributed by atoms with van der Waals surface area (Å²) >= 11 is 0. The molecule has 0 saturated carbocycles. The number of nitrogens with zero attached hydrogens (tertiary/aromatic N) is 2. The van der Waals surface area contributed by atoms with E-state index in [1.54, 1.807) is 12.1 Å². The lowest BCUT2D eigenvalue weighted by Gasteiger charge is -2.29. The van der Waals surface area contributed by atoms with Crippen molar-refractivity contribution in [2.45, 2.75) is 32.2 Å². The first kappa shape index (κ1) is 25.7. The Morgan fingerprint density at radius 2 is 1.62 bits per heavy atom. The maximum Gasteiger partial charge on any atom is 0.300 e. The molecule has 1 atom stereocenters. The van der Waals surface area contributed by atoms with Crippen LogP contribution in [0, 0.1) is 0 Å². The second-order valence-corrected chi connectivity index (χ2v) is 11.5. The van der Waals surface area contributed by atoms with Crippen molar-refractivity contribution in [2.24, 2.45) is 0 Å². The predicted molar refractivity (Wildman–Crippen MR) is 159 cm³/mol. The summed E-state index contributed by atoms with van der Waals surface area (Å²) in [4.78, 5) is 31.1. The zero-order valence-electron chi connectivity index (χ0n) is 23.1. The molecule has 4 aromatic rings. The van der Waals surface area contributed by atoms with Gasteiger partial charge in [0.25, 0.3) is 11.7 Å². The number of ketones is 1. The van der Waals surface area contributed by atoms with Gasteiger partial charge in [-0.25, -0.2) is 0 Å². The van der Waals surface area contributed by atoms with E-state index < -0.39 is 17.7 Å². The lowest BCUT2D eigenvalue weighted by Crippen LogP contribution is -2.29. The minimum atomic E-state index is -0.801. The number of Topliss-reactive ketones (excluding diaryl/α,β-unsaturated/α-hetero) is 1. The van der Waals surface area contributed by atoms with Gasteiger partial charge in [0, 0.05) is 18.0 Å². The molecule has 2 aliphatic heterocycles. The summed E-state index contributed by atoms with van der Waals surface area (Å²) in [5.41, 5.74) is 3.81. The number of amides is 1. The van der Waals surface area contributed by atoms with Crippen molar-refractivity contribution >= 4 is 39.6 Å². The fourth-order valence-electron chi connectivity index (χ4n) is 5.63. The van der Waals surface area contributed by atoms with E-state index in [9.17, 15) is 14.7 Å². The van der Waals surface area contributed by atoms with Crippen LogP contribution < -0.4 is 14.5 Å². The maximum atomic E-state index is 13.8. The van der Waals surface area contributed by atoms with E-state index in [0.717, 1.165) is 33.3 Å². The van der Waals surface area contributed by atoms with Gasteiger partial charge in [0.05, 0.1) is 29.5 Å². The van der Waals surface area contributed by atoms with E-state index in [0.29, 0.717) is 24.4 Å². The van der Waals surface area contributed by atoms with Gasteiger partial charge in [-0.1, -0.05) is 81.4 Å². The van der Waals surface area contributed by atoms with Gasteiger partial charge >= 0.3 is 0 Å². The van der Waals surface area contributed by atoms with Crippen LogP contribution in [0.15, 0.2) is 90.5 Å². The molecule has 4 aromatic carbocycles. The number of likely N-dealkylation sites (N-methyl/N-ethyl adjacent to an activating group) is 1. The largest absolute Gasteiger partial charge is 0.507 e. The molecule has 1 fully saturated rings. The van der Waals surface area contributed by atoms with Crippen molar-refractivity contribution in [2.75, 3.05) is 30.0 Å². The first-order valence-corrected chi connectivity index (χ1v) is 13.5. The van der Waals surface area contributed by atoms with Gasteiger partial charge in [-0.15, -0.1) is 0 Å². The molecule has 202 valence electrons. The van der Waals surface area contributed by atoms with Crippen molar-refractivity contribution in [1.29, 1.82) is 0 Å². The Hall–Kier alpha value is -4.58. The second-order valence-electron chi connectivity index (χ2n) is 11.5. The molecule has 6 rings (SSSR count). The Morgan fingerprint density at radius 1 is 0.900 bits per heavy atom. The number of fused-ring (bicyclic) bond motifs is 2. The summed E-state index contributed by atoms with van der Waals surface area (Å²) in [7, 11) is 1.96. The van der Waals surface area contributed by atoms with E-state index in [-0.39, 0.29) is 16.7 Å². The number of anilines is 2. The van der Waals surface area contributed by atoms with Crippen molar-refractivity contribution in [3.8, 4) is 5.75 Å². The van der Waals surface area contributed by atoms with Crippen LogP contribution in [0.5, 0.6) is 5.75 Å². The Labute approximate surface area is 234 Å². The molecule has 1 N–H and O–H groups in total. The highest BCUT2D eigenvalue weighted by molar-refractivity contribution is 6.52. The van der Waals surface area contributed by atoms with Crippen LogP contribution in [0.1, 0.15) is 43.5 Å². The Kier molecular flexibility index (Phi) is 6.14. The van der Waals surface area contributed by atoms with E-state index in [1.807, 2.05) is 84.7 Å². The summed E-state index contributed by atoms with van der Waals surface area (Å²) in [6.45, 7) is 7.71. The second kappa shape index (κ2) is 9.56. The fraction of sp³-hybridized carbons (Fsp3) is 0.235. The number of hydrogen-bond donors (Lipinski definition) is 1. The standard InChI is InChI=1S/C34H32N2O4/c1-34(2,3)24-15-12-22(13-16-24)30-29(31(37)23-14-17-28-27(20-23)35(4)18-19-40-28)32(38)33(39)36(30)26-11-7-9-21-8-5-6-10-25(21)26/h5-17,20,30,37H,18-19H2,1-4H3/b31-29-. The normalized spacial score (nSPS) is 18.6. The quantitative estimate of drug-likeness (QED) is 0.183. The Bertz CT molecular complexity index is 1680. The van der Waals surface area contributed by atoms with Crippen LogP contribution >= 0.6 is 0 Å². The van der Waals surface area contributed by atoms with Crippen LogP contribution in [-0.4, -0.2) is 37.0 Å². The molecule has 6 nitrogen and oxygen atoms in total. The van der Waals surface area contributed by atoms with Gasteiger partial charge in [0.2, 0.25) is 0 Å².